The van der Waals surface area contributed by atoms with Crippen molar-refractivity contribution in [3.63, 3.8) is 0 Å². The van der Waals surface area contributed by atoms with Crippen LogP contribution in [0.1, 0.15) is 5.56 Å². The third kappa shape index (κ3) is 8.38. The van der Waals surface area contributed by atoms with Crippen molar-refractivity contribution in [3.8, 4) is 11.5 Å². The quantitative estimate of drug-likeness (QED) is 0.149. The molecule has 11 heteroatoms. The van der Waals surface area contributed by atoms with Gasteiger partial charge in [-0.2, -0.15) is 5.10 Å². The number of benzene rings is 3. The van der Waals surface area contributed by atoms with Gasteiger partial charge in [0.25, 0.3) is 5.91 Å². The zero-order valence-corrected chi connectivity index (χ0v) is 20.9. The van der Waals surface area contributed by atoms with Crippen LogP contribution in [0.5, 0.6) is 11.5 Å². The van der Waals surface area contributed by atoms with Crippen molar-refractivity contribution in [2.45, 2.75) is 0 Å². The van der Waals surface area contributed by atoms with Crippen LogP contribution < -0.4 is 25.5 Å². The van der Waals surface area contributed by atoms with Crippen molar-refractivity contribution in [3.05, 3.63) is 95.0 Å². The summed E-state index contributed by atoms with van der Waals surface area (Å²) in [6, 6.07) is 18.1. The van der Waals surface area contributed by atoms with E-state index < -0.39 is 17.7 Å². The standard InChI is InChI=1S/C26H22Cl2N4O5/c1-2-14-36-19-12-10-18(11-13-19)30-25(34)26(35)32-29-15-17-6-3-4-9-22(17)37-16-23(33)31-21-8-5-7-20(27)24(21)28/h2-13,15H,1,14,16H2,(H,30,34)(H,31,33)(H,32,35)/b29-15-. The lowest BCUT2D eigenvalue weighted by atomic mass is 10.2. The molecule has 3 rings (SSSR count). The highest BCUT2D eigenvalue weighted by Gasteiger charge is 2.13. The maximum absolute atomic E-state index is 12.3. The summed E-state index contributed by atoms with van der Waals surface area (Å²) in [4.78, 5) is 36.5. The normalized spacial score (nSPS) is 10.4. The molecule has 0 unspecified atom stereocenters. The Bertz CT molecular complexity index is 1310. The van der Waals surface area contributed by atoms with E-state index in [1.165, 1.54) is 6.21 Å². The van der Waals surface area contributed by atoms with Gasteiger partial charge in [0, 0.05) is 11.3 Å². The molecule has 190 valence electrons. The average Bonchev–Trinajstić information content (AvgIpc) is 2.90. The fourth-order valence-corrected chi connectivity index (χ4v) is 3.19. The maximum atomic E-state index is 12.3. The van der Waals surface area contributed by atoms with Gasteiger partial charge < -0.3 is 20.1 Å². The maximum Gasteiger partial charge on any atom is 0.329 e. The highest BCUT2D eigenvalue weighted by Crippen LogP contribution is 2.29. The first-order valence-corrected chi connectivity index (χ1v) is 11.6. The Morgan fingerprint density at radius 3 is 2.41 bits per heavy atom. The minimum Gasteiger partial charge on any atom is -0.490 e. The van der Waals surface area contributed by atoms with Crippen LogP contribution in [0.3, 0.4) is 0 Å². The van der Waals surface area contributed by atoms with Crippen molar-refractivity contribution in [2.75, 3.05) is 23.8 Å². The topological polar surface area (TPSA) is 118 Å². The second-order valence-electron chi connectivity index (χ2n) is 7.25. The van der Waals surface area contributed by atoms with Crippen LogP contribution in [-0.4, -0.2) is 37.1 Å². The first kappa shape index (κ1) is 27.3. The van der Waals surface area contributed by atoms with E-state index in [-0.39, 0.29) is 11.6 Å². The largest absolute Gasteiger partial charge is 0.490 e. The van der Waals surface area contributed by atoms with E-state index in [2.05, 4.69) is 27.7 Å². The molecule has 0 bridgehead atoms. The van der Waals surface area contributed by atoms with Gasteiger partial charge in [-0.25, -0.2) is 5.43 Å². The number of rotatable bonds is 10. The van der Waals surface area contributed by atoms with Gasteiger partial charge in [-0.3, -0.25) is 14.4 Å². The first-order valence-electron chi connectivity index (χ1n) is 10.8. The van der Waals surface area contributed by atoms with E-state index >= 15 is 0 Å². The lowest BCUT2D eigenvalue weighted by molar-refractivity contribution is -0.136. The van der Waals surface area contributed by atoms with Crippen molar-refractivity contribution >= 4 is 58.5 Å². The second-order valence-corrected chi connectivity index (χ2v) is 8.04. The molecule has 0 aromatic heterocycles. The monoisotopic (exact) mass is 540 g/mol. The molecule has 0 aliphatic heterocycles. The van der Waals surface area contributed by atoms with Crippen molar-refractivity contribution in [1.29, 1.82) is 0 Å². The lowest BCUT2D eigenvalue weighted by Gasteiger charge is -2.11. The number of hydrazone groups is 1. The Kier molecular flexibility index (Phi) is 10.1. The van der Waals surface area contributed by atoms with Gasteiger partial charge in [0.1, 0.15) is 18.1 Å². The number of para-hydroxylation sites is 1. The van der Waals surface area contributed by atoms with E-state index in [4.69, 9.17) is 32.7 Å². The molecule has 9 nitrogen and oxygen atoms in total. The minimum absolute atomic E-state index is 0.222. The number of nitrogens with zero attached hydrogens (tertiary/aromatic N) is 1. The number of hydrogen-bond acceptors (Lipinski definition) is 6. The van der Waals surface area contributed by atoms with Crippen LogP contribution in [0, 0.1) is 0 Å². The van der Waals surface area contributed by atoms with Gasteiger partial charge in [-0.1, -0.05) is 54.1 Å². The fraction of sp³-hybridized carbons (Fsp3) is 0.0769. The molecule has 0 aliphatic carbocycles. The highest BCUT2D eigenvalue weighted by atomic mass is 35.5. The van der Waals surface area contributed by atoms with Gasteiger partial charge in [-0.05, 0) is 48.5 Å². The van der Waals surface area contributed by atoms with Crippen LogP contribution in [0.15, 0.2) is 84.5 Å². The summed E-state index contributed by atoms with van der Waals surface area (Å²) in [5.74, 6) is -1.41. The zero-order valence-electron chi connectivity index (χ0n) is 19.4. The van der Waals surface area contributed by atoms with Gasteiger partial charge >= 0.3 is 11.8 Å². The fourth-order valence-electron chi connectivity index (χ4n) is 2.84. The van der Waals surface area contributed by atoms with Gasteiger partial charge in [0.05, 0.1) is 21.9 Å². The van der Waals surface area contributed by atoms with E-state index in [9.17, 15) is 14.4 Å². The molecule has 0 radical (unpaired) electrons. The SMILES string of the molecule is C=CCOc1ccc(NC(=O)C(=O)N/N=C\c2ccccc2OCC(=O)Nc2cccc(Cl)c2Cl)cc1. The summed E-state index contributed by atoms with van der Waals surface area (Å²) in [5.41, 5.74) is 3.38. The molecule has 0 fully saturated rings. The Balaban J connectivity index is 1.51. The van der Waals surface area contributed by atoms with Crippen molar-refractivity contribution in [2.24, 2.45) is 5.10 Å². The van der Waals surface area contributed by atoms with Gasteiger partial charge in [0.2, 0.25) is 0 Å². The molecule has 0 saturated carbocycles. The van der Waals surface area contributed by atoms with Crippen LogP contribution in [-0.2, 0) is 14.4 Å². The van der Waals surface area contributed by atoms with Gasteiger partial charge in [0.15, 0.2) is 6.61 Å². The first-order chi connectivity index (χ1) is 17.9. The van der Waals surface area contributed by atoms with Crippen LogP contribution in [0.25, 0.3) is 0 Å². The molecule has 0 atom stereocenters. The summed E-state index contributed by atoms with van der Waals surface area (Å²) >= 11 is 12.0. The van der Waals surface area contributed by atoms with Crippen molar-refractivity contribution in [1.82, 2.24) is 5.43 Å². The predicted molar refractivity (Wildman–Crippen MR) is 144 cm³/mol. The molecule has 0 heterocycles. The van der Waals surface area contributed by atoms with E-state index in [0.29, 0.717) is 40.1 Å². The Hall–Kier alpha value is -4.34. The smallest absolute Gasteiger partial charge is 0.329 e. The molecule has 0 saturated heterocycles. The number of carbonyl (C=O) groups excluding carboxylic acids is 3. The number of anilines is 2. The molecule has 3 N–H and O–H groups in total. The molecule has 3 amide bonds. The zero-order chi connectivity index (χ0) is 26.6. The molecule has 37 heavy (non-hydrogen) atoms. The van der Waals surface area contributed by atoms with Crippen LogP contribution in [0.4, 0.5) is 11.4 Å². The summed E-state index contributed by atoms with van der Waals surface area (Å²) < 4.78 is 10.9. The Morgan fingerprint density at radius 2 is 1.65 bits per heavy atom. The number of halogens is 2. The molecule has 3 aromatic carbocycles. The second kappa shape index (κ2) is 13.7. The Labute approximate surface area is 223 Å². The van der Waals surface area contributed by atoms with E-state index in [0.717, 1.165) is 0 Å². The number of amides is 3. The van der Waals surface area contributed by atoms with Gasteiger partial charge in [-0.15, -0.1) is 0 Å². The third-order valence-electron chi connectivity index (χ3n) is 4.56. The predicted octanol–water partition coefficient (Wildman–Crippen LogP) is 4.66. The summed E-state index contributed by atoms with van der Waals surface area (Å²) in [6.07, 6.45) is 2.90. The molecule has 0 spiro atoms. The van der Waals surface area contributed by atoms with Crippen LogP contribution in [0.2, 0.25) is 10.0 Å². The lowest BCUT2D eigenvalue weighted by Crippen LogP contribution is -2.32. The number of ether oxygens (including phenoxy) is 2. The minimum atomic E-state index is -0.973. The van der Waals surface area contributed by atoms with Crippen LogP contribution >= 0.6 is 23.2 Å². The summed E-state index contributed by atoms with van der Waals surface area (Å²) in [5, 5.41) is 9.41. The molecular weight excluding hydrogens is 519 g/mol. The molecular formula is C26H22Cl2N4O5. The average molecular weight is 541 g/mol. The van der Waals surface area contributed by atoms with Crippen molar-refractivity contribution < 1.29 is 23.9 Å². The summed E-state index contributed by atoms with van der Waals surface area (Å²) in [7, 11) is 0. The number of hydrogen-bond donors (Lipinski definition) is 3. The molecule has 0 aliphatic rings. The summed E-state index contributed by atoms with van der Waals surface area (Å²) in [6.45, 7) is 3.60. The third-order valence-corrected chi connectivity index (χ3v) is 5.38. The number of nitrogens with one attached hydrogen (secondary N) is 3. The highest BCUT2D eigenvalue weighted by molar-refractivity contribution is 6.44. The number of carbonyl (C=O) groups is 3. The Morgan fingerprint density at radius 1 is 0.892 bits per heavy atom. The van der Waals surface area contributed by atoms with E-state index in [1.54, 1.807) is 72.8 Å². The molecule has 3 aromatic rings. The van der Waals surface area contributed by atoms with E-state index in [1.807, 2.05) is 0 Å².